The van der Waals surface area contributed by atoms with Crippen LogP contribution < -0.4 is 38.5 Å². The highest BCUT2D eigenvalue weighted by Gasteiger charge is 2.09. The number of aromatic hydroxyl groups is 4. The van der Waals surface area contributed by atoms with Crippen LogP contribution in [0.2, 0.25) is 0 Å². The molecule has 26 heteroatoms. The van der Waals surface area contributed by atoms with Gasteiger partial charge in [-0.15, -0.1) is 11.6 Å². The molecule has 0 unspecified atom stereocenters. The van der Waals surface area contributed by atoms with Crippen molar-refractivity contribution in [2.45, 2.75) is 88.7 Å². The van der Waals surface area contributed by atoms with Crippen molar-refractivity contribution >= 4 is 42.2 Å². The van der Waals surface area contributed by atoms with E-state index in [2.05, 4.69) is 35.0 Å². The lowest BCUT2D eigenvalue weighted by molar-refractivity contribution is 0.118. The van der Waals surface area contributed by atoms with E-state index in [4.69, 9.17) is 70.7 Å². The van der Waals surface area contributed by atoms with Gasteiger partial charge in [-0.3, -0.25) is 33.6 Å². The molecule has 70 heavy (non-hydrogen) atoms. The number of aliphatic hydroxyl groups excluding tert-OH is 3. The molecule has 0 amide bonds. The number of nitrogens with zero attached hydrogens (tertiary/aromatic N) is 1. The van der Waals surface area contributed by atoms with E-state index in [0.717, 1.165) is 48.4 Å². The Hall–Kier alpha value is -6.28. The van der Waals surface area contributed by atoms with Crippen LogP contribution >= 0.6 is 33.0 Å². The first-order valence-corrected chi connectivity index (χ1v) is 22.0. The van der Waals surface area contributed by atoms with E-state index in [9.17, 15) is 28.8 Å². The molecule has 9 N–H and O–H groups in total. The maximum atomic E-state index is 11.4. The fraction of sp³-hybridized carbons (Fsp3) is 0.318. The molecule has 0 aliphatic rings. The summed E-state index contributed by atoms with van der Waals surface area (Å²) < 4.78 is 34.9. The molecule has 0 aliphatic heterocycles. The number of nitrogens with two attached hydrogens (primary N) is 1. The Bertz CT molecular complexity index is 2800. The second-order valence-corrected chi connectivity index (χ2v) is 15.9. The Morgan fingerprint density at radius 1 is 0.586 bits per heavy atom. The van der Waals surface area contributed by atoms with Crippen LogP contribution in [0.15, 0.2) is 106 Å². The van der Waals surface area contributed by atoms with Gasteiger partial charge in [0.1, 0.15) is 79.8 Å². The lowest BCUT2D eigenvalue weighted by Crippen LogP contribution is -2.18. The highest BCUT2D eigenvalue weighted by atomic mass is 36.0. The molecule has 0 aromatic carbocycles. The minimum atomic E-state index is -1.67. The summed E-state index contributed by atoms with van der Waals surface area (Å²) >= 11 is 5.34. The van der Waals surface area contributed by atoms with E-state index in [1.54, 1.807) is 40.7 Å². The zero-order chi connectivity index (χ0) is 52.4. The lowest BCUT2D eigenvalue weighted by atomic mass is 10.2. The van der Waals surface area contributed by atoms with Crippen molar-refractivity contribution in [1.82, 2.24) is 4.57 Å². The summed E-state index contributed by atoms with van der Waals surface area (Å²) in [6.07, 6.45) is 2.89. The number of aromatic nitrogens is 1. The van der Waals surface area contributed by atoms with E-state index >= 15 is 0 Å². The topological polar surface area (TPSA) is 367 Å². The van der Waals surface area contributed by atoms with E-state index < -0.39 is 54.8 Å². The fourth-order valence-electron chi connectivity index (χ4n) is 4.48. The molecule has 6 heterocycles. The highest BCUT2D eigenvalue weighted by molar-refractivity contribution is 8.26. The van der Waals surface area contributed by atoms with E-state index in [1.165, 1.54) is 12.1 Å². The molecular weight excluding hydrogens is 1010 g/mol. The van der Waals surface area contributed by atoms with Gasteiger partial charge in [-0.05, 0) is 41.5 Å². The van der Waals surface area contributed by atoms with Crippen LogP contribution in [-0.4, -0.2) is 44.5 Å². The third kappa shape index (κ3) is 24.8. The summed E-state index contributed by atoms with van der Waals surface area (Å²) in [5.74, 6) is 5.58. The maximum absolute atomic E-state index is 11.4. The number of halogens is 3. The Kier molecular flexibility index (Phi) is 33.9. The number of aliphatic hydroxyl groups is 3. The quantitative estimate of drug-likeness (QED) is 0.0605. The normalized spacial score (nSPS) is 9.59. The van der Waals surface area contributed by atoms with E-state index in [-0.39, 0.29) is 68.7 Å². The minimum Gasteiger partial charge on any atom is -0.502 e. The van der Waals surface area contributed by atoms with Crippen molar-refractivity contribution in [2.24, 2.45) is 12.9 Å². The van der Waals surface area contributed by atoms with Crippen LogP contribution in [0.3, 0.4) is 0 Å². The van der Waals surface area contributed by atoms with Gasteiger partial charge < -0.3 is 62.4 Å². The van der Waals surface area contributed by atoms with Gasteiger partial charge in [-0.1, -0.05) is 14.9 Å². The highest BCUT2D eigenvalue weighted by Crippen LogP contribution is 2.12. The van der Waals surface area contributed by atoms with Gasteiger partial charge in [-0.2, -0.15) is 0 Å². The molecule has 6 aromatic rings. The molecular formula is C44H57Cl3N2O20S. The summed E-state index contributed by atoms with van der Waals surface area (Å²) in [4.78, 5) is 69.5. The Labute approximate surface area is 416 Å². The predicted octanol–water partition coefficient (Wildman–Crippen LogP) is 5.18. The monoisotopic (exact) mass is 1070 g/mol. The Morgan fingerprint density at radius 3 is 1.40 bits per heavy atom. The SMILES string of the molecule is C.C.Cc1c(CON)n(C)c(C)cc1=O.Cc1cc(=O)c(C)c(CO)o1.Cc1cc(=O)c(O)c(CO)o1.Cc1cc(=O)c(O)co1.O=S(Cl)Cl.O=c1cc(CCl)occ1O.O=c1cc(CO)occ1O. The van der Waals surface area contributed by atoms with Gasteiger partial charge in [0.2, 0.25) is 36.7 Å². The van der Waals surface area contributed by atoms with Crippen LogP contribution in [0.25, 0.3) is 0 Å². The summed E-state index contributed by atoms with van der Waals surface area (Å²) in [6.45, 7) is 9.41. The maximum Gasteiger partial charge on any atom is 0.227 e. The van der Waals surface area contributed by atoms with Gasteiger partial charge in [-0.25, -0.2) is 10.1 Å². The fourth-order valence-corrected chi connectivity index (χ4v) is 4.62. The summed E-state index contributed by atoms with van der Waals surface area (Å²) in [6, 6.07) is 7.60. The van der Waals surface area contributed by atoms with Crippen molar-refractivity contribution in [3.63, 3.8) is 0 Å². The predicted molar refractivity (Wildman–Crippen MR) is 261 cm³/mol. The number of hydrogen-bond donors (Lipinski definition) is 8. The largest absolute Gasteiger partial charge is 0.502 e. The zero-order valence-electron chi connectivity index (χ0n) is 37.2. The second-order valence-electron chi connectivity index (χ2n) is 13.1. The minimum absolute atomic E-state index is 0. The van der Waals surface area contributed by atoms with Crippen LogP contribution in [0.1, 0.15) is 77.7 Å². The van der Waals surface area contributed by atoms with Gasteiger partial charge in [0.15, 0.2) is 33.9 Å². The molecule has 6 aromatic heterocycles. The number of aryl methyl sites for hydroxylation is 4. The molecule has 0 atom stereocenters. The lowest BCUT2D eigenvalue weighted by Gasteiger charge is -2.13. The molecule has 6 rings (SSSR count). The molecule has 0 aliphatic carbocycles. The molecule has 0 radical (unpaired) electrons. The molecule has 0 fully saturated rings. The van der Waals surface area contributed by atoms with Gasteiger partial charge in [0.05, 0.1) is 11.6 Å². The van der Waals surface area contributed by atoms with Crippen molar-refractivity contribution in [3.8, 4) is 23.0 Å². The average molecular weight is 1070 g/mol. The summed E-state index contributed by atoms with van der Waals surface area (Å²) in [5.41, 5.74) is 0.904. The zero-order valence-corrected chi connectivity index (χ0v) is 40.3. The Morgan fingerprint density at radius 2 is 0.986 bits per heavy atom. The van der Waals surface area contributed by atoms with Crippen LogP contribution in [0.5, 0.6) is 23.0 Å². The first-order valence-electron chi connectivity index (χ1n) is 18.7. The van der Waals surface area contributed by atoms with Crippen molar-refractivity contribution < 1.29 is 66.9 Å². The van der Waals surface area contributed by atoms with E-state index in [0.29, 0.717) is 39.9 Å². The van der Waals surface area contributed by atoms with Gasteiger partial charge in [0, 0.05) is 81.6 Å². The van der Waals surface area contributed by atoms with Crippen LogP contribution in [0, 0.1) is 41.5 Å². The number of hydrogen-bond acceptors (Lipinski definition) is 21. The standard InChI is InChI=1S/C9H14N2O2.C8H10O3.C7H8O4.C6H5ClO3.C6H6O4.C6H6O3.2CH4.Cl2OS/c1-6-4-9(12)7(2)8(5-13-10)11(6)3;1-5-3-7(10)6(2)8(4-9)11-5;1-4-2-5(9)7(10)6(3-8)11-4;2*7-2-4-1-5(8)6(9)3-10-4;1-4-2-5(7)6(8)3-9-4;;;1-4(2)3/h4H,5,10H2,1-3H3;3,9H,4H2,1-2H3;2,8,10H,3H2,1H3;1,3,9H,2H2;1,3,7,9H,2H2;2-3,8H,1H3;2*1H4;. The van der Waals surface area contributed by atoms with Gasteiger partial charge >= 0.3 is 0 Å². The molecule has 0 saturated heterocycles. The molecule has 0 spiro atoms. The second kappa shape index (κ2) is 34.9. The summed E-state index contributed by atoms with van der Waals surface area (Å²) in [7, 11) is 9.24. The van der Waals surface area contributed by atoms with Crippen LogP contribution in [-0.2, 0) is 53.4 Å². The first-order chi connectivity index (χ1) is 31.8. The number of rotatable bonds is 6. The van der Waals surface area contributed by atoms with Crippen molar-refractivity contribution in [3.05, 3.63) is 179 Å². The third-order valence-corrected chi connectivity index (χ3v) is 8.33. The number of pyridine rings is 1. The van der Waals surface area contributed by atoms with E-state index in [1.807, 2.05) is 18.5 Å². The van der Waals surface area contributed by atoms with Crippen LogP contribution in [0.4, 0.5) is 0 Å². The first kappa shape index (κ1) is 68.0. The van der Waals surface area contributed by atoms with Gasteiger partial charge in [0.25, 0.3) is 0 Å². The Balaban J connectivity index is -0.000000755. The summed E-state index contributed by atoms with van der Waals surface area (Å²) in [5, 5.41) is 60.7. The van der Waals surface area contributed by atoms with Crippen molar-refractivity contribution in [1.29, 1.82) is 0 Å². The molecule has 22 nitrogen and oxygen atoms in total. The van der Waals surface area contributed by atoms with Crippen molar-refractivity contribution in [2.75, 3.05) is 0 Å². The average Bonchev–Trinajstić information content (AvgIpc) is 3.28. The molecule has 0 saturated carbocycles. The molecule has 0 bridgehead atoms. The third-order valence-electron chi connectivity index (χ3n) is 8.07. The number of alkyl halides is 1. The molecule has 390 valence electrons. The smallest absolute Gasteiger partial charge is 0.227 e.